The van der Waals surface area contributed by atoms with Crippen molar-refractivity contribution in [3.05, 3.63) is 52.4 Å². The minimum atomic E-state index is -3.54. The second-order valence-corrected chi connectivity index (χ2v) is 9.35. The Balaban J connectivity index is 1.63. The summed E-state index contributed by atoms with van der Waals surface area (Å²) in [6, 6.07) is 10.5. The molecule has 134 valence electrons. The van der Waals surface area contributed by atoms with E-state index in [1.54, 1.807) is 29.6 Å². The molecule has 2 aromatic rings. The van der Waals surface area contributed by atoms with Crippen LogP contribution in [0.25, 0.3) is 0 Å². The van der Waals surface area contributed by atoms with Crippen LogP contribution < -0.4 is 0 Å². The zero-order valence-corrected chi connectivity index (χ0v) is 15.8. The number of carbonyl (C=O) groups excluding carboxylic acids is 1. The fourth-order valence-electron chi connectivity index (χ4n) is 2.77. The van der Waals surface area contributed by atoms with E-state index in [0.717, 1.165) is 5.56 Å². The van der Waals surface area contributed by atoms with Crippen LogP contribution in [0.15, 0.2) is 46.0 Å². The maximum Gasteiger partial charge on any atom is 0.310 e. The van der Waals surface area contributed by atoms with Crippen LogP contribution in [0.4, 0.5) is 0 Å². The molecule has 1 unspecified atom stereocenters. The average Bonchev–Trinajstić information content (AvgIpc) is 3.16. The molecule has 5 nitrogen and oxygen atoms in total. The fourth-order valence-corrected chi connectivity index (χ4v) is 5.63. The lowest BCUT2D eigenvalue weighted by Crippen LogP contribution is -2.42. The Kier molecular flexibility index (Phi) is 5.78. The predicted molar refractivity (Wildman–Crippen MR) is 97.0 cm³/mol. The Bertz CT molecular complexity index is 836. The molecule has 1 atom stereocenters. The number of halogens is 1. The first-order chi connectivity index (χ1) is 12.0. The third-order valence-electron chi connectivity index (χ3n) is 4.13. The van der Waals surface area contributed by atoms with E-state index >= 15 is 0 Å². The van der Waals surface area contributed by atoms with Crippen LogP contribution in [0.5, 0.6) is 0 Å². The predicted octanol–water partition coefficient (Wildman–Crippen LogP) is 3.55. The van der Waals surface area contributed by atoms with Gasteiger partial charge in [0.05, 0.1) is 5.92 Å². The Labute approximate surface area is 156 Å². The number of hydrogen-bond acceptors (Lipinski definition) is 5. The summed E-state index contributed by atoms with van der Waals surface area (Å²) in [5.74, 6) is -0.836. The summed E-state index contributed by atoms with van der Waals surface area (Å²) in [6.45, 7) is 0.669. The Morgan fingerprint density at radius 2 is 2.08 bits per heavy atom. The first-order valence-electron chi connectivity index (χ1n) is 7.92. The molecular formula is C17H18ClNO4S2. The number of carbonyl (C=O) groups is 1. The zero-order valence-electron chi connectivity index (χ0n) is 13.4. The maximum absolute atomic E-state index is 12.6. The van der Waals surface area contributed by atoms with Crippen molar-refractivity contribution >= 4 is 38.9 Å². The molecule has 25 heavy (non-hydrogen) atoms. The maximum atomic E-state index is 12.6. The molecule has 1 fully saturated rings. The number of sulfonamides is 1. The number of benzene rings is 1. The van der Waals surface area contributed by atoms with Crippen LogP contribution in [-0.4, -0.2) is 31.8 Å². The quantitative estimate of drug-likeness (QED) is 0.721. The van der Waals surface area contributed by atoms with Gasteiger partial charge in [-0.2, -0.15) is 4.31 Å². The third kappa shape index (κ3) is 4.23. The third-order valence-corrected chi connectivity index (χ3v) is 7.74. The minimum Gasteiger partial charge on any atom is -0.461 e. The second kappa shape index (κ2) is 7.86. The molecular weight excluding hydrogens is 382 g/mol. The molecule has 0 saturated carbocycles. The first-order valence-corrected chi connectivity index (χ1v) is 10.6. The van der Waals surface area contributed by atoms with Gasteiger partial charge in [0.15, 0.2) is 0 Å². The lowest BCUT2D eigenvalue weighted by molar-refractivity contribution is -0.151. The molecule has 0 spiro atoms. The summed E-state index contributed by atoms with van der Waals surface area (Å²) >= 11 is 7.24. The standard InChI is InChI=1S/C17H18ClNO4S2/c18-15-7-2-1-5-14(15)12-23-17(20)13-6-3-9-19(11-13)25(21,22)16-8-4-10-24-16/h1-2,4-5,7-8,10,13H,3,6,9,11-12H2. The SMILES string of the molecule is O=C(OCc1ccccc1Cl)C1CCCN(S(=O)(=O)c2cccs2)C1. The summed E-state index contributed by atoms with van der Waals surface area (Å²) in [5, 5.41) is 2.27. The van der Waals surface area contributed by atoms with E-state index in [0.29, 0.717) is 28.6 Å². The highest BCUT2D eigenvalue weighted by molar-refractivity contribution is 7.91. The minimum absolute atomic E-state index is 0.0900. The van der Waals surface area contributed by atoms with Crippen molar-refractivity contribution in [2.45, 2.75) is 23.7 Å². The van der Waals surface area contributed by atoms with Crippen LogP contribution in [0, 0.1) is 5.92 Å². The highest BCUT2D eigenvalue weighted by Gasteiger charge is 2.34. The van der Waals surface area contributed by atoms with E-state index in [-0.39, 0.29) is 19.1 Å². The molecule has 0 amide bonds. The monoisotopic (exact) mass is 399 g/mol. The van der Waals surface area contributed by atoms with Gasteiger partial charge < -0.3 is 4.74 Å². The van der Waals surface area contributed by atoms with Gasteiger partial charge in [-0.15, -0.1) is 11.3 Å². The number of nitrogens with zero attached hydrogens (tertiary/aromatic N) is 1. The van der Waals surface area contributed by atoms with Crippen molar-refractivity contribution in [1.29, 1.82) is 0 Å². The van der Waals surface area contributed by atoms with Crippen LogP contribution >= 0.6 is 22.9 Å². The van der Waals surface area contributed by atoms with Crippen molar-refractivity contribution < 1.29 is 17.9 Å². The van der Waals surface area contributed by atoms with Gasteiger partial charge in [-0.05, 0) is 30.4 Å². The van der Waals surface area contributed by atoms with Crippen LogP contribution in [0.2, 0.25) is 5.02 Å². The largest absolute Gasteiger partial charge is 0.461 e. The average molecular weight is 400 g/mol. The van der Waals surface area contributed by atoms with Gasteiger partial charge in [-0.1, -0.05) is 35.9 Å². The van der Waals surface area contributed by atoms with Gasteiger partial charge in [0, 0.05) is 23.7 Å². The molecule has 0 bridgehead atoms. The van der Waals surface area contributed by atoms with E-state index in [9.17, 15) is 13.2 Å². The van der Waals surface area contributed by atoms with Gasteiger partial charge in [-0.3, -0.25) is 4.79 Å². The van der Waals surface area contributed by atoms with E-state index in [1.807, 2.05) is 12.1 Å². The zero-order chi connectivity index (χ0) is 17.9. The van der Waals surface area contributed by atoms with Gasteiger partial charge in [0.25, 0.3) is 10.0 Å². The Morgan fingerprint density at radius 3 is 2.80 bits per heavy atom. The van der Waals surface area contributed by atoms with Gasteiger partial charge in [0.1, 0.15) is 10.8 Å². The number of piperidine rings is 1. The smallest absolute Gasteiger partial charge is 0.310 e. The van der Waals surface area contributed by atoms with Crippen LogP contribution in [-0.2, 0) is 26.2 Å². The second-order valence-electron chi connectivity index (χ2n) is 5.83. The molecule has 0 aliphatic carbocycles. The number of thiophene rings is 1. The molecule has 0 radical (unpaired) electrons. The van der Waals surface area contributed by atoms with E-state index in [4.69, 9.17) is 16.3 Å². The lowest BCUT2D eigenvalue weighted by Gasteiger charge is -2.30. The molecule has 1 aromatic heterocycles. The van der Waals surface area contributed by atoms with E-state index in [2.05, 4.69) is 0 Å². The first kappa shape index (κ1) is 18.4. The van der Waals surface area contributed by atoms with Crippen molar-refractivity contribution in [2.24, 2.45) is 5.92 Å². The number of hydrogen-bond donors (Lipinski definition) is 0. The Morgan fingerprint density at radius 1 is 1.28 bits per heavy atom. The molecule has 3 rings (SSSR count). The van der Waals surface area contributed by atoms with Gasteiger partial charge in [-0.25, -0.2) is 8.42 Å². The normalized spacial score (nSPS) is 18.8. The lowest BCUT2D eigenvalue weighted by atomic mass is 10.00. The summed E-state index contributed by atoms with van der Waals surface area (Å²) in [7, 11) is -3.54. The molecule has 1 saturated heterocycles. The van der Waals surface area contributed by atoms with Crippen LogP contribution in [0.1, 0.15) is 18.4 Å². The molecule has 1 aliphatic heterocycles. The van der Waals surface area contributed by atoms with E-state index in [1.165, 1.54) is 15.6 Å². The van der Waals surface area contributed by atoms with Crippen molar-refractivity contribution in [1.82, 2.24) is 4.31 Å². The van der Waals surface area contributed by atoms with Crippen LogP contribution in [0.3, 0.4) is 0 Å². The number of rotatable bonds is 5. The topological polar surface area (TPSA) is 63.7 Å². The van der Waals surface area contributed by atoms with E-state index < -0.39 is 15.9 Å². The highest BCUT2D eigenvalue weighted by Crippen LogP contribution is 2.27. The highest BCUT2D eigenvalue weighted by atomic mass is 35.5. The molecule has 8 heteroatoms. The fraction of sp³-hybridized carbons (Fsp3) is 0.353. The Hall–Kier alpha value is -1.41. The molecule has 1 aromatic carbocycles. The molecule has 2 heterocycles. The van der Waals surface area contributed by atoms with Crippen molar-refractivity contribution in [3.8, 4) is 0 Å². The van der Waals surface area contributed by atoms with Crippen molar-refractivity contribution in [2.75, 3.05) is 13.1 Å². The molecule has 1 aliphatic rings. The number of ether oxygens (including phenoxy) is 1. The summed E-state index contributed by atoms with van der Waals surface area (Å²) in [6.07, 6.45) is 1.26. The van der Waals surface area contributed by atoms with Crippen molar-refractivity contribution in [3.63, 3.8) is 0 Å². The summed E-state index contributed by atoms with van der Waals surface area (Å²) in [5.41, 5.74) is 0.733. The molecule has 0 N–H and O–H groups in total. The number of esters is 1. The summed E-state index contributed by atoms with van der Waals surface area (Å²) in [4.78, 5) is 12.4. The van der Waals surface area contributed by atoms with Gasteiger partial charge in [0.2, 0.25) is 0 Å². The van der Waals surface area contributed by atoms with Gasteiger partial charge >= 0.3 is 5.97 Å². The summed E-state index contributed by atoms with van der Waals surface area (Å²) < 4.78 is 32.3.